The van der Waals surface area contributed by atoms with Crippen molar-refractivity contribution in [1.29, 1.82) is 0 Å². The van der Waals surface area contributed by atoms with Gasteiger partial charge in [0.2, 0.25) is 11.8 Å². The van der Waals surface area contributed by atoms with Gasteiger partial charge in [0.15, 0.2) is 6.61 Å². The van der Waals surface area contributed by atoms with Crippen molar-refractivity contribution in [2.24, 2.45) is 5.92 Å². The van der Waals surface area contributed by atoms with E-state index in [9.17, 15) is 18.8 Å². The third kappa shape index (κ3) is 6.36. The molecule has 0 radical (unpaired) electrons. The Labute approximate surface area is 206 Å². The largest absolute Gasteiger partial charge is 0.484 e. The van der Waals surface area contributed by atoms with Gasteiger partial charge in [-0.2, -0.15) is 0 Å². The molecule has 1 heterocycles. The summed E-state index contributed by atoms with van der Waals surface area (Å²) in [7, 11) is 0. The number of rotatable bonds is 8. The van der Waals surface area contributed by atoms with Crippen LogP contribution >= 0.6 is 11.6 Å². The van der Waals surface area contributed by atoms with E-state index in [0.29, 0.717) is 30.2 Å². The van der Waals surface area contributed by atoms with Gasteiger partial charge in [-0.25, -0.2) is 4.39 Å². The number of nitrogens with zero attached hydrogens (tertiary/aromatic N) is 1. The van der Waals surface area contributed by atoms with E-state index < -0.39 is 17.6 Å². The lowest BCUT2D eigenvalue weighted by atomic mass is 10.1. The Balaban J connectivity index is 1.27. The number of halogens is 2. The molecule has 1 aliphatic rings. The van der Waals surface area contributed by atoms with E-state index in [1.54, 1.807) is 29.2 Å². The minimum Gasteiger partial charge on any atom is -0.484 e. The number of carbonyl (C=O) groups excluding carboxylic acids is 3. The second kappa shape index (κ2) is 11.0. The zero-order valence-corrected chi connectivity index (χ0v) is 19.4. The molecule has 1 atom stereocenters. The molecule has 7 nitrogen and oxygen atoms in total. The first-order chi connectivity index (χ1) is 16.9. The molecule has 0 bridgehead atoms. The Morgan fingerprint density at radius 2 is 1.80 bits per heavy atom. The average molecular weight is 496 g/mol. The van der Waals surface area contributed by atoms with Gasteiger partial charge in [-0.15, -0.1) is 0 Å². The summed E-state index contributed by atoms with van der Waals surface area (Å²) in [6, 6.07) is 20.2. The second-order valence-electron chi connectivity index (χ2n) is 8.07. The Hall–Kier alpha value is -3.91. The molecule has 3 aromatic carbocycles. The van der Waals surface area contributed by atoms with Crippen molar-refractivity contribution < 1.29 is 23.5 Å². The van der Waals surface area contributed by atoms with Crippen LogP contribution in [-0.4, -0.2) is 30.9 Å². The first-order valence-corrected chi connectivity index (χ1v) is 11.4. The number of nitrogens with one attached hydrogen (secondary N) is 2. The SMILES string of the molecule is O=C(COc1ccc(N2C[C@@H](C(=O)NCc3ccccc3)CC2=O)cc1)Nc1ccc(F)c(Cl)c1. The standard InChI is InChI=1S/C26H23ClFN3O4/c27-22-13-19(6-11-23(22)28)30-24(32)16-35-21-9-7-20(8-10-21)31-15-18(12-25(31)33)26(34)29-14-17-4-2-1-3-5-17/h1-11,13,18H,12,14-16H2,(H,29,34)(H,30,32)/t18-/m0/s1. The van der Waals surface area contributed by atoms with Crippen molar-refractivity contribution in [2.75, 3.05) is 23.4 Å². The van der Waals surface area contributed by atoms with Gasteiger partial charge in [-0.1, -0.05) is 41.9 Å². The molecule has 180 valence electrons. The molecule has 1 saturated heterocycles. The van der Waals surface area contributed by atoms with Gasteiger partial charge in [0.25, 0.3) is 5.91 Å². The van der Waals surface area contributed by atoms with Gasteiger partial charge in [0, 0.05) is 30.9 Å². The molecule has 9 heteroatoms. The minimum absolute atomic E-state index is 0.0910. The van der Waals surface area contributed by atoms with Crippen molar-refractivity contribution >= 4 is 40.7 Å². The van der Waals surface area contributed by atoms with Crippen LogP contribution < -0.4 is 20.3 Å². The fourth-order valence-corrected chi connectivity index (χ4v) is 3.88. The second-order valence-corrected chi connectivity index (χ2v) is 8.48. The van der Waals surface area contributed by atoms with E-state index in [0.717, 1.165) is 11.6 Å². The fourth-order valence-electron chi connectivity index (χ4n) is 3.70. The van der Waals surface area contributed by atoms with Gasteiger partial charge in [0.1, 0.15) is 11.6 Å². The summed E-state index contributed by atoms with van der Waals surface area (Å²) < 4.78 is 18.7. The molecule has 3 aromatic rings. The minimum atomic E-state index is -0.573. The zero-order chi connectivity index (χ0) is 24.8. The summed E-state index contributed by atoms with van der Waals surface area (Å²) in [5.74, 6) is -1.28. The lowest BCUT2D eigenvalue weighted by Crippen LogP contribution is -2.32. The highest BCUT2D eigenvalue weighted by Gasteiger charge is 2.35. The number of hydrogen-bond donors (Lipinski definition) is 2. The molecular weight excluding hydrogens is 473 g/mol. The highest BCUT2D eigenvalue weighted by atomic mass is 35.5. The van der Waals surface area contributed by atoms with Crippen LogP contribution in [0.3, 0.4) is 0 Å². The highest BCUT2D eigenvalue weighted by Crippen LogP contribution is 2.27. The molecular formula is C26H23ClFN3O4. The Morgan fingerprint density at radius 1 is 1.06 bits per heavy atom. The smallest absolute Gasteiger partial charge is 0.262 e. The first kappa shape index (κ1) is 24.2. The molecule has 0 aromatic heterocycles. The number of carbonyl (C=O) groups is 3. The fraction of sp³-hybridized carbons (Fsp3) is 0.192. The third-order valence-corrected chi connectivity index (χ3v) is 5.82. The van der Waals surface area contributed by atoms with E-state index in [1.165, 1.54) is 12.1 Å². The van der Waals surface area contributed by atoms with Gasteiger partial charge >= 0.3 is 0 Å². The van der Waals surface area contributed by atoms with Crippen LogP contribution in [0.15, 0.2) is 72.8 Å². The molecule has 0 unspecified atom stereocenters. The van der Waals surface area contributed by atoms with E-state index in [-0.39, 0.29) is 29.9 Å². The van der Waals surface area contributed by atoms with E-state index in [4.69, 9.17) is 16.3 Å². The van der Waals surface area contributed by atoms with Crippen LogP contribution in [0.1, 0.15) is 12.0 Å². The zero-order valence-electron chi connectivity index (χ0n) is 18.7. The predicted octanol–water partition coefficient (Wildman–Crippen LogP) is 4.17. The maximum atomic E-state index is 13.2. The molecule has 1 aliphatic heterocycles. The summed E-state index contributed by atoms with van der Waals surface area (Å²) >= 11 is 5.71. The Bertz CT molecular complexity index is 1220. The maximum Gasteiger partial charge on any atom is 0.262 e. The van der Waals surface area contributed by atoms with Crippen LogP contribution in [0.5, 0.6) is 5.75 Å². The summed E-state index contributed by atoms with van der Waals surface area (Å²) in [5.41, 5.74) is 1.99. The quantitative estimate of drug-likeness (QED) is 0.491. The average Bonchev–Trinajstić information content (AvgIpc) is 3.26. The molecule has 2 N–H and O–H groups in total. The van der Waals surface area contributed by atoms with Gasteiger partial charge < -0.3 is 20.3 Å². The first-order valence-electron chi connectivity index (χ1n) is 11.0. The molecule has 0 aliphatic carbocycles. The molecule has 3 amide bonds. The molecule has 35 heavy (non-hydrogen) atoms. The highest BCUT2D eigenvalue weighted by molar-refractivity contribution is 6.31. The normalized spacial score (nSPS) is 15.1. The number of ether oxygens (including phenoxy) is 1. The Kier molecular flexibility index (Phi) is 7.62. The predicted molar refractivity (Wildman–Crippen MR) is 131 cm³/mol. The number of anilines is 2. The maximum absolute atomic E-state index is 13.2. The van der Waals surface area contributed by atoms with Crippen molar-refractivity contribution in [3.05, 3.63) is 89.2 Å². The van der Waals surface area contributed by atoms with Gasteiger partial charge in [0.05, 0.1) is 10.9 Å². The Morgan fingerprint density at radius 3 is 2.51 bits per heavy atom. The van der Waals surface area contributed by atoms with Crippen LogP contribution in [0, 0.1) is 11.7 Å². The number of amides is 3. The van der Waals surface area contributed by atoms with Crippen LogP contribution in [0.2, 0.25) is 5.02 Å². The monoisotopic (exact) mass is 495 g/mol. The summed E-state index contributed by atoms with van der Waals surface area (Å²) in [6.07, 6.45) is 0.145. The third-order valence-electron chi connectivity index (χ3n) is 5.53. The summed E-state index contributed by atoms with van der Waals surface area (Å²) in [6.45, 7) is 0.446. The molecule has 1 fully saturated rings. The molecule has 0 saturated carbocycles. The number of benzene rings is 3. The van der Waals surface area contributed by atoms with Crippen molar-refractivity contribution in [1.82, 2.24) is 5.32 Å². The van der Waals surface area contributed by atoms with Crippen LogP contribution in [-0.2, 0) is 20.9 Å². The molecule has 4 rings (SSSR count). The number of hydrogen-bond acceptors (Lipinski definition) is 4. The van der Waals surface area contributed by atoms with Crippen molar-refractivity contribution in [3.8, 4) is 5.75 Å². The van der Waals surface area contributed by atoms with Crippen LogP contribution in [0.25, 0.3) is 0 Å². The van der Waals surface area contributed by atoms with Gasteiger partial charge in [-0.05, 0) is 48.0 Å². The van der Waals surface area contributed by atoms with E-state index >= 15 is 0 Å². The summed E-state index contributed by atoms with van der Waals surface area (Å²) in [4.78, 5) is 38.7. The summed E-state index contributed by atoms with van der Waals surface area (Å²) in [5, 5.41) is 5.37. The van der Waals surface area contributed by atoms with E-state index in [1.807, 2.05) is 30.3 Å². The topological polar surface area (TPSA) is 87.7 Å². The van der Waals surface area contributed by atoms with E-state index in [2.05, 4.69) is 10.6 Å². The lowest BCUT2D eigenvalue weighted by Gasteiger charge is -2.17. The lowest BCUT2D eigenvalue weighted by molar-refractivity contribution is -0.126. The van der Waals surface area contributed by atoms with Crippen molar-refractivity contribution in [2.45, 2.75) is 13.0 Å². The van der Waals surface area contributed by atoms with Gasteiger partial charge in [-0.3, -0.25) is 14.4 Å². The molecule has 0 spiro atoms. The van der Waals surface area contributed by atoms with Crippen molar-refractivity contribution in [3.63, 3.8) is 0 Å². The van der Waals surface area contributed by atoms with Crippen LogP contribution in [0.4, 0.5) is 15.8 Å².